The number of hydrogen-bond acceptors (Lipinski definition) is 2. The van der Waals surface area contributed by atoms with Gasteiger partial charge in [-0.15, -0.1) is 0 Å². The van der Waals surface area contributed by atoms with E-state index in [1.165, 1.54) is 25.3 Å². The highest BCUT2D eigenvalue weighted by molar-refractivity contribution is 6.35. The molecule has 2 aromatic carbocycles. The molecule has 0 saturated heterocycles. The van der Waals surface area contributed by atoms with E-state index in [2.05, 4.69) is 5.32 Å². The van der Waals surface area contributed by atoms with Crippen molar-refractivity contribution in [1.82, 2.24) is 5.32 Å². The molecule has 1 N–H and O–H groups in total. The Morgan fingerprint density at radius 2 is 2.00 bits per heavy atom. The number of ether oxygens (including phenoxy) is 1. The normalized spacial score (nSPS) is 10.4. The number of amides is 1. The third-order valence-electron chi connectivity index (χ3n) is 3.12. The Bertz CT molecular complexity index is 692. The maximum Gasteiger partial charge on any atom is 0.254 e. The first kappa shape index (κ1) is 16.6. The topological polar surface area (TPSA) is 38.3 Å². The van der Waals surface area contributed by atoms with Crippen molar-refractivity contribution in [3.8, 4) is 5.75 Å². The van der Waals surface area contributed by atoms with E-state index in [0.717, 1.165) is 5.56 Å². The van der Waals surface area contributed by atoms with Gasteiger partial charge in [0, 0.05) is 22.7 Å². The van der Waals surface area contributed by atoms with E-state index in [-0.39, 0.29) is 5.56 Å². The van der Waals surface area contributed by atoms with Gasteiger partial charge >= 0.3 is 0 Å². The third kappa shape index (κ3) is 4.12. The minimum Gasteiger partial charge on any atom is -0.497 e. The summed E-state index contributed by atoms with van der Waals surface area (Å²) in [6.45, 7) is 0.339. The van der Waals surface area contributed by atoms with Gasteiger partial charge in [-0.1, -0.05) is 29.3 Å². The van der Waals surface area contributed by atoms with Gasteiger partial charge in [-0.25, -0.2) is 4.39 Å². The molecule has 0 saturated carbocycles. The Balaban J connectivity index is 1.95. The standard InChI is InChI=1S/C16H14Cl2FNO2/c1-22-12-4-5-13(15(19)9-12)16(21)20-7-6-10-2-3-11(17)8-14(10)18/h2-5,8-9H,6-7H2,1H3,(H,20,21). The monoisotopic (exact) mass is 341 g/mol. The van der Waals surface area contributed by atoms with Crippen LogP contribution in [0.1, 0.15) is 15.9 Å². The molecule has 0 bridgehead atoms. The van der Waals surface area contributed by atoms with Crippen molar-refractivity contribution in [3.63, 3.8) is 0 Å². The Kier molecular flexibility index (Phi) is 5.63. The van der Waals surface area contributed by atoms with Crippen LogP contribution in [-0.4, -0.2) is 19.6 Å². The molecule has 2 rings (SSSR count). The average molecular weight is 342 g/mol. The maximum absolute atomic E-state index is 13.8. The molecule has 1 amide bonds. The molecule has 0 aromatic heterocycles. The largest absolute Gasteiger partial charge is 0.497 e. The molecular formula is C16H14Cl2FNO2. The van der Waals surface area contributed by atoms with Crippen LogP contribution in [0.5, 0.6) is 5.75 Å². The molecule has 0 aliphatic heterocycles. The molecule has 6 heteroatoms. The molecule has 116 valence electrons. The van der Waals surface area contributed by atoms with Crippen LogP contribution in [0.25, 0.3) is 0 Å². The highest BCUT2D eigenvalue weighted by Crippen LogP contribution is 2.21. The molecule has 0 fully saturated rings. The molecule has 2 aromatic rings. The SMILES string of the molecule is COc1ccc(C(=O)NCCc2ccc(Cl)cc2Cl)c(F)c1. The number of carbonyl (C=O) groups excluding carboxylic acids is 1. The zero-order valence-electron chi connectivity index (χ0n) is 11.8. The maximum atomic E-state index is 13.8. The number of nitrogens with one attached hydrogen (secondary N) is 1. The lowest BCUT2D eigenvalue weighted by Gasteiger charge is -2.08. The lowest BCUT2D eigenvalue weighted by atomic mass is 10.1. The summed E-state index contributed by atoms with van der Waals surface area (Å²) >= 11 is 11.9. The summed E-state index contributed by atoms with van der Waals surface area (Å²) in [5.74, 6) is -0.742. The van der Waals surface area contributed by atoms with E-state index < -0.39 is 11.7 Å². The fourth-order valence-corrected chi connectivity index (χ4v) is 2.44. The summed E-state index contributed by atoms with van der Waals surface area (Å²) in [5, 5.41) is 3.75. The highest BCUT2D eigenvalue weighted by Gasteiger charge is 2.12. The first-order chi connectivity index (χ1) is 10.5. The second-order valence-electron chi connectivity index (χ2n) is 4.59. The second-order valence-corrected chi connectivity index (χ2v) is 5.43. The van der Waals surface area contributed by atoms with E-state index in [9.17, 15) is 9.18 Å². The number of hydrogen-bond donors (Lipinski definition) is 1. The Labute approximate surface area is 138 Å². The summed E-state index contributed by atoms with van der Waals surface area (Å²) in [5.41, 5.74) is 0.838. The van der Waals surface area contributed by atoms with Crippen LogP contribution in [0.3, 0.4) is 0 Å². The lowest BCUT2D eigenvalue weighted by Crippen LogP contribution is -2.26. The van der Waals surface area contributed by atoms with Crippen molar-refractivity contribution in [2.75, 3.05) is 13.7 Å². The Morgan fingerprint density at radius 1 is 1.23 bits per heavy atom. The molecule has 0 atom stereocenters. The van der Waals surface area contributed by atoms with Crippen LogP contribution in [0.2, 0.25) is 10.0 Å². The van der Waals surface area contributed by atoms with Crippen LogP contribution in [0.15, 0.2) is 36.4 Å². The zero-order valence-corrected chi connectivity index (χ0v) is 13.3. The smallest absolute Gasteiger partial charge is 0.254 e. The molecule has 0 aliphatic rings. The minimum absolute atomic E-state index is 0.0250. The van der Waals surface area contributed by atoms with Crippen molar-refractivity contribution in [2.24, 2.45) is 0 Å². The number of halogens is 3. The number of rotatable bonds is 5. The zero-order chi connectivity index (χ0) is 16.1. The summed E-state index contributed by atoms with van der Waals surface area (Å²) in [6, 6.07) is 9.26. The van der Waals surface area contributed by atoms with Gasteiger partial charge < -0.3 is 10.1 Å². The van der Waals surface area contributed by atoms with Crippen LogP contribution in [0, 0.1) is 5.82 Å². The molecule has 0 radical (unpaired) electrons. The van der Waals surface area contributed by atoms with Crippen molar-refractivity contribution in [1.29, 1.82) is 0 Å². The number of carbonyl (C=O) groups is 1. The fourth-order valence-electron chi connectivity index (χ4n) is 1.94. The lowest BCUT2D eigenvalue weighted by molar-refractivity contribution is 0.0950. The molecule has 22 heavy (non-hydrogen) atoms. The summed E-state index contributed by atoms with van der Waals surface area (Å²) < 4.78 is 18.7. The van der Waals surface area contributed by atoms with Crippen molar-refractivity contribution in [2.45, 2.75) is 6.42 Å². The van der Waals surface area contributed by atoms with Crippen LogP contribution in [0.4, 0.5) is 4.39 Å². The van der Waals surface area contributed by atoms with E-state index in [1.807, 2.05) is 0 Å². The Hall–Kier alpha value is -1.78. The van der Waals surface area contributed by atoms with Crippen molar-refractivity contribution >= 4 is 29.1 Å². The first-order valence-electron chi connectivity index (χ1n) is 6.57. The molecule has 0 heterocycles. The molecular weight excluding hydrogens is 328 g/mol. The van der Waals surface area contributed by atoms with E-state index in [1.54, 1.807) is 18.2 Å². The van der Waals surface area contributed by atoms with E-state index in [4.69, 9.17) is 27.9 Å². The summed E-state index contributed by atoms with van der Waals surface area (Å²) in [7, 11) is 1.43. The highest BCUT2D eigenvalue weighted by atomic mass is 35.5. The Morgan fingerprint density at radius 3 is 2.64 bits per heavy atom. The average Bonchev–Trinajstić information content (AvgIpc) is 2.49. The quantitative estimate of drug-likeness (QED) is 0.888. The predicted octanol–water partition coefficient (Wildman–Crippen LogP) is 4.11. The summed E-state index contributed by atoms with van der Waals surface area (Å²) in [6.07, 6.45) is 0.527. The molecule has 0 unspecified atom stereocenters. The van der Waals surface area contributed by atoms with Gasteiger partial charge in [0.2, 0.25) is 0 Å². The number of benzene rings is 2. The molecule has 0 spiro atoms. The molecule has 0 aliphatic carbocycles. The molecule has 3 nitrogen and oxygen atoms in total. The van der Waals surface area contributed by atoms with Gasteiger partial charge in [-0.3, -0.25) is 4.79 Å². The van der Waals surface area contributed by atoms with Gasteiger partial charge in [0.25, 0.3) is 5.91 Å². The number of methoxy groups -OCH3 is 1. The van der Waals surface area contributed by atoms with Crippen LogP contribution in [-0.2, 0) is 6.42 Å². The first-order valence-corrected chi connectivity index (χ1v) is 7.32. The van der Waals surface area contributed by atoms with Gasteiger partial charge in [0.1, 0.15) is 11.6 Å². The third-order valence-corrected chi connectivity index (χ3v) is 3.70. The van der Waals surface area contributed by atoms with Crippen molar-refractivity contribution < 1.29 is 13.9 Å². The van der Waals surface area contributed by atoms with Gasteiger partial charge in [0.05, 0.1) is 12.7 Å². The van der Waals surface area contributed by atoms with Crippen molar-refractivity contribution in [3.05, 3.63) is 63.4 Å². The predicted molar refractivity (Wildman–Crippen MR) is 85.5 cm³/mol. The van der Waals surface area contributed by atoms with Crippen LogP contribution < -0.4 is 10.1 Å². The summed E-state index contributed by atoms with van der Waals surface area (Å²) in [4.78, 5) is 11.9. The van der Waals surface area contributed by atoms with Gasteiger partial charge in [-0.05, 0) is 36.2 Å². The second kappa shape index (κ2) is 7.47. The van der Waals surface area contributed by atoms with Gasteiger partial charge in [0.15, 0.2) is 0 Å². The van der Waals surface area contributed by atoms with E-state index in [0.29, 0.717) is 28.8 Å². The van der Waals surface area contributed by atoms with E-state index >= 15 is 0 Å². The van der Waals surface area contributed by atoms with Crippen LogP contribution >= 0.6 is 23.2 Å². The van der Waals surface area contributed by atoms with Gasteiger partial charge in [-0.2, -0.15) is 0 Å². The fraction of sp³-hybridized carbons (Fsp3) is 0.188. The minimum atomic E-state index is -0.624.